The third-order valence-electron chi connectivity index (χ3n) is 7.10. The molecule has 3 N–H and O–H groups in total. The van der Waals surface area contributed by atoms with Gasteiger partial charge >= 0.3 is 0 Å². The molecule has 2 aromatic rings. The first-order chi connectivity index (χ1) is 19.3. The molecule has 1 unspecified atom stereocenters. The van der Waals surface area contributed by atoms with Crippen molar-refractivity contribution in [3.05, 3.63) is 80.5 Å². The molecule has 0 bridgehead atoms. The van der Waals surface area contributed by atoms with Crippen molar-refractivity contribution in [3.8, 4) is 0 Å². The van der Waals surface area contributed by atoms with E-state index >= 15 is 0 Å². The van der Waals surface area contributed by atoms with Crippen molar-refractivity contribution in [2.24, 2.45) is 16.6 Å². The second kappa shape index (κ2) is 14.3. The summed E-state index contributed by atoms with van der Waals surface area (Å²) in [4.78, 5) is 31.2. The van der Waals surface area contributed by atoms with E-state index in [2.05, 4.69) is 4.99 Å². The fraction of sp³-hybridized carbons (Fsp3) is 0.414. The molecule has 0 spiro atoms. The first kappa shape index (κ1) is 32.6. The number of Topliss-reactive ketones (excluding diaryl/α,β-unsaturated/α-hetero) is 1. The molecule has 0 aromatic heterocycles. The molecular weight excluding hydrogens is 585 g/mol. The van der Waals surface area contributed by atoms with Gasteiger partial charge in [0.15, 0.2) is 0 Å². The SMILES string of the molecule is CC(=O)C1CCC(N=C(C)C(=CN)C(=O)N(Cc2cc(F)cc(F)c2)CC(O)c2c(Cl)cc(C(F)F)cc2Cl)CC1. The number of aliphatic hydroxyl groups is 1. The zero-order chi connectivity index (χ0) is 30.4. The van der Waals surface area contributed by atoms with Gasteiger partial charge < -0.3 is 15.7 Å². The molecule has 222 valence electrons. The van der Waals surface area contributed by atoms with Crippen LogP contribution >= 0.6 is 23.2 Å². The number of ketones is 1. The number of benzene rings is 2. The summed E-state index contributed by atoms with van der Waals surface area (Å²) in [6.45, 7) is 2.34. The summed E-state index contributed by atoms with van der Waals surface area (Å²) in [6.07, 6.45) is -0.667. The average Bonchev–Trinajstić information content (AvgIpc) is 2.87. The molecule has 1 fully saturated rings. The monoisotopic (exact) mass is 615 g/mol. The standard InChI is InChI=1S/C29H31Cl2F4N3O3/c1-15(37-22-5-3-18(4-6-22)16(2)39)23(12-36)29(41)38(13-17-7-20(32)11-21(33)8-17)14-26(40)27-24(30)9-19(28(34)35)10-25(27)31/h7-12,18,22,26,28,40H,3-6,13-14,36H2,1-2H3. The van der Waals surface area contributed by atoms with Crippen LogP contribution < -0.4 is 5.73 Å². The van der Waals surface area contributed by atoms with E-state index in [4.69, 9.17) is 28.9 Å². The maximum absolute atomic E-state index is 13.9. The molecule has 0 heterocycles. The number of aliphatic imine (C=N–C) groups is 1. The Bertz CT molecular complexity index is 1300. The number of alkyl halides is 2. The van der Waals surface area contributed by atoms with Crippen molar-refractivity contribution in [2.75, 3.05) is 6.54 Å². The summed E-state index contributed by atoms with van der Waals surface area (Å²) in [6, 6.07) is 4.55. The second-order valence-electron chi connectivity index (χ2n) is 10.1. The topological polar surface area (TPSA) is 96.0 Å². The molecule has 41 heavy (non-hydrogen) atoms. The van der Waals surface area contributed by atoms with Gasteiger partial charge in [0.2, 0.25) is 0 Å². The van der Waals surface area contributed by atoms with E-state index in [1.165, 1.54) is 0 Å². The highest BCUT2D eigenvalue weighted by atomic mass is 35.5. The third kappa shape index (κ3) is 8.53. The predicted molar refractivity (Wildman–Crippen MR) is 150 cm³/mol. The molecule has 2 aromatic carbocycles. The Labute approximate surface area is 245 Å². The first-order valence-corrected chi connectivity index (χ1v) is 13.7. The maximum atomic E-state index is 13.9. The number of amides is 1. The highest BCUT2D eigenvalue weighted by Gasteiger charge is 2.28. The van der Waals surface area contributed by atoms with Crippen molar-refractivity contribution in [1.82, 2.24) is 4.90 Å². The Morgan fingerprint density at radius 2 is 1.61 bits per heavy atom. The number of carbonyl (C=O) groups is 2. The van der Waals surface area contributed by atoms with E-state index in [-0.39, 0.29) is 51.0 Å². The quantitative estimate of drug-likeness (QED) is 0.176. The van der Waals surface area contributed by atoms with E-state index in [1.54, 1.807) is 13.8 Å². The number of hydrogen-bond acceptors (Lipinski definition) is 5. The summed E-state index contributed by atoms with van der Waals surface area (Å²) in [5.74, 6) is -2.31. The second-order valence-corrected chi connectivity index (χ2v) is 10.9. The highest BCUT2D eigenvalue weighted by Crippen LogP contribution is 2.36. The van der Waals surface area contributed by atoms with Crippen LogP contribution in [0.2, 0.25) is 10.0 Å². The zero-order valence-corrected chi connectivity index (χ0v) is 24.0. The lowest BCUT2D eigenvalue weighted by molar-refractivity contribution is -0.128. The third-order valence-corrected chi connectivity index (χ3v) is 7.72. The zero-order valence-electron chi connectivity index (χ0n) is 22.5. The van der Waals surface area contributed by atoms with Gasteiger partial charge in [-0.25, -0.2) is 17.6 Å². The Balaban J connectivity index is 1.91. The Morgan fingerprint density at radius 1 is 1.05 bits per heavy atom. The fourth-order valence-corrected chi connectivity index (χ4v) is 5.72. The van der Waals surface area contributed by atoms with E-state index in [9.17, 15) is 32.3 Å². The minimum atomic E-state index is -2.85. The number of nitrogens with zero attached hydrogens (tertiary/aromatic N) is 2. The van der Waals surface area contributed by atoms with E-state index in [1.807, 2.05) is 0 Å². The van der Waals surface area contributed by atoms with Crippen molar-refractivity contribution in [2.45, 2.75) is 64.6 Å². The van der Waals surface area contributed by atoms with Gasteiger partial charge in [-0.05, 0) is 69.4 Å². The minimum Gasteiger partial charge on any atom is -0.404 e. The van der Waals surface area contributed by atoms with Gasteiger partial charge in [-0.1, -0.05) is 23.2 Å². The molecule has 1 saturated carbocycles. The number of carbonyl (C=O) groups excluding carboxylic acids is 2. The van der Waals surface area contributed by atoms with Gasteiger partial charge in [-0.2, -0.15) is 0 Å². The smallest absolute Gasteiger partial charge is 0.263 e. The molecule has 0 radical (unpaired) electrons. The van der Waals surface area contributed by atoms with Gasteiger partial charge in [-0.15, -0.1) is 0 Å². The lowest BCUT2D eigenvalue weighted by Crippen LogP contribution is -2.37. The summed E-state index contributed by atoms with van der Waals surface area (Å²) in [7, 11) is 0. The van der Waals surface area contributed by atoms with Crippen LogP contribution in [0.5, 0.6) is 0 Å². The van der Waals surface area contributed by atoms with Gasteiger partial charge in [-0.3, -0.25) is 14.6 Å². The van der Waals surface area contributed by atoms with Crippen molar-refractivity contribution in [3.63, 3.8) is 0 Å². The Hall–Kier alpha value is -2.95. The number of nitrogens with two attached hydrogens (primary N) is 1. The maximum Gasteiger partial charge on any atom is 0.263 e. The summed E-state index contributed by atoms with van der Waals surface area (Å²) in [5, 5.41) is 10.6. The van der Waals surface area contributed by atoms with Gasteiger partial charge in [0.05, 0.1) is 24.3 Å². The Morgan fingerprint density at radius 3 is 2.10 bits per heavy atom. The fourth-order valence-electron chi connectivity index (χ4n) is 4.96. The number of aliphatic hydroxyl groups excluding tert-OH is 1. The predicted octanol–water partition coefficient (Wildman–Crippen LogP) is 6.72. The van der Waals surface area contributed by atoms with E-state index in [0.29, 0.717) is 37.5 Å². The van der Waals surface area contributed by atoms with Crippen LogP contribution in [0.4, 0.5) is 17.6 Å². The van der Waals surface area contributed by atoms with Crippen LogP contribution in [0.15, 0.2) is 47.1 Å². The van der Waals surface area contributed by atoms with E-state index in [0.717, 1.165) is 35.4 Å². The van der Waals surface area contributed by atoms with Crippen LogP contribution in [-0.4, -0.2) is 40.0 Å². The van der Waals surface area contributed by atoms with Crippen LogP contribution in [-0.2, 0) is 16.1 Å². The average molecular weight is 616 g/mol. The molecule has 0 saturated heterocycles. The normalized spacial score (nSPS) is 18.9. The van der Waals surface area contributed by atoms with Crippen LogP contribution in [0.1, 0.15) is 68.8 Å². The molecule has 1 amide bonds. The molecule has 6 nitrogen and oxygen atoms in total. The summed E-state index contributed by atoms with van der Waals surface area (Å²) in [5.41, 5.74) is 5.68. The lowest BCUT2D eigenvalue weighted by atomic mass is 9.84. The van der Waals surface area contributed by atoms with Crippen LogP contribution in [0.25, 0.3) is 0 Å². The molecule has 1 aliphatic rings. The summed E-state index contributed by atoms with van der Waals surface area (Å²) < 4.78 is 54.2. The molecule has 1 aliphatic carbocycles. The molecule has 1 atom stereocenters. The number of hydrogen-bond donors (Lipinski definition) is 2. The highest BCUT2D eigenvalue weighted by molar-refractivity contribution is 6.36. The molecule has 12 heteroatoms. The van der Waals surface area contributed by atoms with Crippen molar-refractivity contribution < 1.29 is 32.3 Å². The van der Waals surface area contributed by atoms with Gasteiger partial charge in [0.25, 0.3) is 12.3 Å². The lowest BCUT2D eigenvalue weighted by Gasteiger charge is -2.28. The molecule has 0 aliphatic heterocycles. The van der Waals surface area contributed by atoms with Crippen LogP contribution in [0, 0.1) is 17.6 Å². The van der Waals surface area contributed by atoms with Gasteiger partial charge in [0, 0.05) is 51.6 Å². The minimum absolute atomic E-state index is 0.00647. The molecule has 3 rings (SSSR count). The molecular formula is C29H31Cl2F4N3O3. The van der Waals surface area contributed by atoms with Crippen LogP contribution in [0.3, 0.4) is 0 Å². The number of rotatable bonds is 10. The van der Waals surface area contributed by atoms with Gasteiger partial charge in [0.1, 0.15) is 17.4 Å². The first-order valence-electron chi connectivity index (χ1n) is 13.0. The van der Waals surface area contributed by atoms with Crippen molar-refractivity contribution in [1.29, 1.82) is 0 Å². The Kier molecular flexibility index (Phi) is 11.3. The van der Waals surface area contributed by atoms with E-state index < -0.39 is 42.2 Å². The van der Waals surface area contributed by atoms with Crippen molar-refractivity contribution >= 4 is 40.6 Å². The summed E-state index contributed by atoms with van der Waals surface area (Å²) >= 11 is 12.3. The number of halogens is 6. The largest absolute Gasteiger partial charge is 0.404 e.